The molecule has 0 aliphatic carbocycles. The maximum Gasteiger partial charge on any atom is 0.239 e. The van der Waals surface area contributed by atoms with E-state index < -0.39 is 127 Å². The van der Waals surface area contributed by atoms with Crippen LogP contribution in [0.1, 0.15) is 13.8 Å². The third kappa shape index (κ3) is 7.41. The Bertz CT molecular complexity index is 1850. The van der Waals surface area contributed by atoms with Gasteiger partial charge in [0.2, 0.25) is 17.5 Å². The van der Waals surface area contributed by atoms with Gasteiger partial charge >= 0.3 is 0 Å². The lowest BCUT2D eigenvalue weighted by atomic mass is 9.97. The number of ether oxygens (including phenoxy) is 7. The predicted molar refractivity (Wildman–Crippen MR) is 176 cm³/mol. The Balaban J connectivity index is 1.21. The van der Waals surface area contributed by atoms with Gasteiger partial charge in [-0.1, -0.05) is 0 Å². The average molecular weight is 771 g/mol. The minimum Gasteiger partial charge on any atom is -0.508 e. The average Bonchev–Trinajstić information content (AvgIpc) is 3.13. The number of rotatable bonds is 9. The van der Waals surface area contributed by atoms with Crippen LogP contribution in [0.3, 0.4) is 0 Å². The molecule has 3 saturated heterocycles. The van der Waals surface area contributed by atoms with Crippen LogP contribution < -0.4 is 14.9 Å². The lowest BCUT2D eigenvalue weighted by molar-refractivity contribution is -0.357. The highest BCUT2D eigenvalue weighted by Crippen LogP contribution is 2.40. The molecule has 298 valence electrons. The van der Waals surface area contributed by atoms with Crippen molar-refractivity contribution < 1.29 is 93.7 Å². The fourth-order valence-electron chi connectivity index (χ4n) is 6.45. The lowest BCUT2D eigenvalue weighted by Crippen LogP contribution is -2.63. The van der Waals surface area contributed by atoms with Crippen LogP contribution in [0.25, 0.3) is 22.3 Å². The second-order valence-corrected chi connectivity index (χ2v) is 13.3. The summed E-state index contributed by atoms with van der Waals surface area (Å²) in [6.45, 7) is 2.20. The van der Waals surface area contributed by atoms with Crippen molar-refractivity contribution in [3.8, 4) is 40.1 Å². The van der Waals surface area contributed by atoms with Gasteiger partial charge in [0.15, 0.2) is 29.8 Å². The zero-order valence-corrected chi connectivity index (χ0v) is 28.8. The van der Waals surface area contributed by atoms with Crippen molar-refractivity contribution in [1.82, 2.24) is 0 Å². The highest BCUT2D eigenvalue weighted by Gasteiger charge is 2.51. The second kappa shape index (κ2) is 15.7. The zero-order valence-electron chi connectivity index (χ0n) is 28.8. The summed E-state index contributed by atoms with van der Waals surface area (Å²) in [6, 6.07) is 5.75. The van der Waals surface area contributed by atoms with Crippen LogP contribution in [-0.2, 0) is 23.7 Å². The molecule has 1 aromatic heterocycles. The summed E-state index contributed by atoms with van der Waals surface area (Å²) in [5.74, 6) is -2.44. The number of hydrogen-bond donors (Lipinski definition) is 11. The molecule has 7 unspecified atom stereocenters. The first kappa shape index (κ1) is 39.8. The molecule has 20 nitrogen and oxygen atoms in total. The molecule has 0 spiro atoms. The number of phenols is 3. The van der Waals surface area contributed by atoms with Crippen LogP contribution in [-0.4, -0.2) is 162 Å². The Morgan fingerprint density at radius 1 is 0.685 bits per heavy atom. The van der Waals surface area contributed by atoms with Crippen molar-refractivity contribution in [3.63, 3.8) is 0 Å². The third-order valence-electron chi connectivity index (χ3n) is 9.56. The summed E-state index contributed by atoms with van der Waals surface area (Å²) in [7, 11) is 1.27. The fraction of sp³-hybridized carbons (Fsp3) is 0.559. The normalized spacial score (nSPS) is 37.3. The molecule has 0 amide bonds. The second-order valence-electron chi connectivity index (χ2n) is 13.3. The standard InChI is InChI=1S/C34H42O20/c1-10-20(38)23(41)26(44)33(49-10)53-29-11(2)50-32(28(46)25(29)43)48-9-18-21(39)24(42)27(45)34(52-18)54-31-22(40)19-15(37)7-13(35)8-17(19)51-30(31)12-4-5-14(36)16(6-12)47-3/h4-8,10-11,18,20-21,23-29,32-39,41-46H,9H2,1-3H3/t10?,11?,18?,20-,21+,23-,24?,25+,26?,27?,28?,29-,32+,33-,34-/m0/s1. The summed E-state index contributed by atoms with van der Waals surface area (Å²) in [5.41, 5.74) is -1.20. The molecule has 0 saturated carbocycles. The van der Waals surface area contributed by atoms with Gasteiger partial charge in [-0.3, -0.25) is 4.79 Å². The predicted octanol–water partition coefficient (Wildman–Crippen LogP) is -2.53. The van der Waals surface area contributed by atoms with E-state index in [-0.39, 0.29) is 28.4 Å². The molecular weight excluding hydrogens is 728 g/mol. The first-order valence-electron chi connectivity index (χ1n) is 16.8. The van der Waals surface area contributed by atoms with Crippen molar-refractivity contribution in [2.75, 3.05) is 13.7 Å². The fourth-order valence-corrected chi connectivity index (χ4v) is 6.45. The topological polar surface area (TPSA) is 317 Å². The van der Waals surface area contributed by atoms with Gasteiger partial charge in [-0.2, -0.15) is 0 Å². The van der Waals surface area contributed by atoms with Crippen LogP contribution in [0.4, 0.5) is 0 Å². The van der Waals surface area contributed by atoms with E-state index in [4.69, 9.17) is 37.6 Å². The van der Waals surface area contributed by atoms with Crippen LogP contribution >= 0.6 is 0 Å². The van der Waals surface area contributed by atoms with Gasteiger partial charge in [0, 0.05) is 17.7 Å². The molecule has 20 heteroatoms. The van der Waals surface area contributed by atoms with E-state index in [9.17, 15) is 61.0 Å². The molecule has 6 rings (SSSR count). The molecule has 3 aliphatic rings. The van der Waals surface area contributed by atoms with Crippen molar-refractivity contribution in [3.05, 3.63) is 40.6 Å². The molecule has 0 bridgehead atoms. The molecule has 15 atom stereocenters. The molecule has 54 heavy (non-hydrogen) atoms. The maximum absolute atomic E-state index is 13.8. The molecule has 4 heterocycles. The molecule has 3 fully saturated rings. The first-order valence-corrected chi connectivity index (χ1v) is 16.8. The summed E-state index contributed by atoms with van der Waals surface area (Å²) in [5, 5.41) is 115. The summed E-state index contributed by atoms with van der Waals surface area (Å²) >= 11 is 0. The maximum atomic E-state index is 13.8. The number of aromatic hydroxyl groups is 3. The van der Waals surface area contributed by atoms with E-state index >= 15 is 0 Å². The van der Waals surface area contributed by atoms with Crippen molar-refractivity contribution in [2.45, 2.75) is 106 Å². The lowest BCUT2D eigenvalue weighted by Gasteiger charge is -2.46. The van der Waals surface area contributed by atoms with Gasteiger partial charge in [0.1, 0.15) is 83.5 Å². The summed E-state index contributed by atoms with van der Waals surface area (Å²) < 4.78 is 44.9. The smallest absolute Gasteiger partial charge is 0.239 e. The van der Waals surface area contributed by atoms with Crippen LogP contribution in [0.15, 0.2) is 39.5 Å². The highest BCUT2D eigenvalue weighted by atomic mass is 16.7. The van der Waals surface area contributed by atoms with E-state index in [1.54, 1.807) is 0 Å². The SMILES string of the molecule is COc1cc(-c2oc3cc(O)cc(O)c3c(=O)c2O[C@@H]2OC(CO[C@@H]3OC(C)[C@H](O[C@@H]4OC(C)[C@H](O)[C@H](O)C4O)[C@H](O)C3O)[C@@H](O)C(O)C2O)ccc1O. The minimum atomic E-state index is -2.00. The summed E-state index contributed by atoms with van der Waals surface area (Å²) in [4.78, 5) is 13.8. The Morgan fingerprint density at radius 3 is 2.04 bits per heavy atom. The molecule has 0 radical (unpaired) electrons. The molecule has 3 aliphatic heterocycles. The largest absolute Gasteiger partial charge is 0.508 e. The highest BCUT2D eigenvalue weighted by molar-refractivity contribution is 5.88. The Hall–Kier alpha value is -3.87. The number of phenolic OH excluding ortho intramolecular Hbond substituents is 3. The summed E-state index contributed by atoms with van der Waals surface area (Å²) in [6.07, 6.45) is -24.0. The number of aliphatic hydroxyl groups excluding tert-OH is 8. The molecular formula is C34H42O20. The van der Waals surface area contributed by atoms with E-state index in [0.717, 1.165) is 12.1 Å². The Morgan fingerprint density at radius 2 is 1.33 bits per heavy atom. The molecule has 11 N–H and O–H groups in total. The van der Waals surface area contributed by atoms with Crippen LogP contribution in [0.5, 0.6) is 28.7 Å². The Kier molecular flexibility index (Phi) is 11.6. The van der Waals surface area contributed by atoms with Gasteiger partial charge in [0.25, 0.3) is 0 Å². The monoisotopic (exact) mass is 770 g/mol. The zero-order chi connectivity index (χ0) is 39.3. The van der Waals surface area contributed by atoms with Gasteiger partial charge in [-0.05, 0) is 32.0 Å². The number of hydrogen-bond acceptors (Lipinski definition) is 20. The van der Waals surface area contributed by atoms with Gasteiger partial charge < -0.3 is 93.7 Å². The van der Waals surface area contributed by atoms with E-state index in [0.29, 0.717) is 0 Å². The number of aliphatic hydroxyl groups is 8. The van der Waals surface area contributed by atoms with Crippen molar-refractivity contribution in [1.29, 1.82) is 0 Å². The minimum absolute atomic E-state index is 0.0396. The van der Waals surface area contributed by atoms with Gasteiger partial charge in [-0.15, -0.1) is 0 Å². The van der Waals surface area contributed by atoms with E-state index in [1.807, 2.05) is 0 Å². The Labute approximate surface area is 305 Å². The number of benzene rings is 2. The first-order chi connectivity index (χ1) is 25.5. The van der Waals surface area contributed by atoms with E-state index in [1.165, 1.54) is 39.2 Å². The van der Waals surface area contributed by atoms with Crippen LogP contribution in [0.2, 0.25) is 0 Å². The van der Waals surface area contributed by atoms with E-state index in [2.05, 4.69) is 0 Å². The quantitative estimate of drug-likeness (QED) is 0.107. The van der Waals surface area contributed by atoms with Crippen molar-refractivity contribution in [2.24, 2.45) is 0 Å². The van der Waals surface area contributed by atoms with Crippen molar-refractivity contribution >= 4 is 11.0 Å². The third-order valence-corrected chi connectivity index (χ3v) is 9.56. The molecule has 3 aromatic rings. The number of fused-ring (bicyclic) bond motifs is 1. The van der Waals surface area contributed by atoms with Crippen LogP contribution in [0, 0.1) is 0 Å². The molecule has 2 aromatic carbocycles. The number of methoxy groups -OCH3 is 1. The van der Waals surface area contributed by atoms with Gasteiger partial charge in [0.05, 0.1) is 25.9 Å². The van der Waals surface area contributed by atoms with Gasteiger partial charge in [-0.25, -0.2) is 0 Å².